The van der Waals surface area contributed by atoms with Gasteiger partial charge in [0.1, 0.15) is 5.75 Å². The molecule has 0 radical (unpaired) electrons. The molecule has 2 aromatic carbocycles. The molecule has 4 heteroatoms. The summed E-state index contributed by atoms with van der Waals surface area (Å²) in [5, 5.41) is 2.88. The summed E-state index contributed by atoms with van der Waals surface area (Å²) in [5.74, 6) is 1.32. The predicted octanol–water partition coefficient (Wildman–Crippen LogP) is 4.17. The average Bonchev–Trinajstić information content (AvgIpc) is 3.03. The van der Waals surface area contributed by atoms with Crippen molar-refractivity contribution >= 4 is 17.3 Å². The summed E-state index contributed by atoms with van der Waals surface area (Å²) in [6.45, 7) is 8.59. The zero-order valence-corrected chi connectivity index (χ0v) is 15.2. The minimum absolute atomic E-state index is 0.00783. The van der Waals surface area contributed by atoms with Crippen molar-refractivity contribution in [3.63, 3.8) is 0 Å². The van der Waals surface area contributed by atoms with Crippen LogP contribution in [0.15, 0.2) is 42.5 Å². The number of anilines is 2. The fourth-order valence-electron chi connectivity index (χ4n) is 3.07. The third-order valence-electron chi connectivity index (χ3n) is 4.79. The monoisotopic (exact) mass is 338 g/mol. The van der Waals surface area contributed by atoms with Crippen LogP contribution >= 0.6 is 0 Å². The Bertz CT molecular complexity index is 740. The van der Waals surface area contributed by atoms with E-state index in [4.69, 9.17) is 4.74 Å². The van der Waals surface area contributed by atoms with Gasteiger partial charge in [0, 0.05) is 24.5 Å². The van der Waals surface area contributed by atoms with E-state index in [-0.39, 0.29) is 12.5 Å². The number of hydrogen-bond donors (Lipinski definition) is 1. The maximum Gasteiger partial charge on any atom is 0.262 e. The van der Waals surface area contributed by atoms with Crippen LogP contribution in [0.25, 0.3) is 0 Å². The first kappa shape index (κ1) is 17.3. The lowest BCUT2D eigenvalue weighted by Gasteiger charge is -2.18. The molecule has 1 amide bonds. The molecule has 1 heterocycles. The highest BCUT2D eigenvalue weighted by Gasteiger charge is 2.18. The Balaban J connectivity index is 1.51. The maximum atomic E-state index is 12.1. The van der Waals surface area contributed by atoms with E-state index in [1.807, 2.05) is 37.3 Å². The van der Waals surface area contributed by atoms with Gasteiger partial charge in [-0.15, -0.1) is 0 Å². The van der Waals surface area contributed by atoms with E-state index in [0.29, 0.717) is 0 Å². The van der Waals surface area contributed by atoms with E-state index >= 15 is 0 Å². The van der Waals surface area contributed by atoms with E-state index < -0.39 is 0 Å². The zero-order valence-electron chi connectivity index (χ0n) is 15.2. The minimum atomic E-state index is -0.152. The lowest BCUT2D eigenvalue weighted by atomic mass is 10.1. The van der Waals surface area contributed by atoms with E-state index in [9.17, 15) is 4.79 Å². The van der Waals surface area contributed by atoms with Gasteiger partial charge >= 0.3 is 0 Å². The second-order valence-corrected chi connectivity index (χ2v) is 6.97. The highest BCUT2D eigenvalue weighted by Crippen LogP contribution is 2.24. The van der Waals surface area contributed by atoms with E-state index in [1.54, 1.807) is 0 Å². The fourth-order valence-corrected chi connectivity index (χ4v) is 3.07. The van der Waals surface area contributed by atoms with Gasteiger partial charge in [0.05, 0.1) is 0 Å². The molecule has 0 bridgehead atoms. The van der Waals surface area contributed by atoms with Crippen molar-refractivity contribution in [1.29, 1.82) is 0 Å². The van der Waals surface area contributed by atoms with Crippen molar-refractivity contribution in [3.05, 3.63) is 53.6 Å². The van der Waals surface area contributed by atoms with Gasteiger partial charge < -0.3 is 15.0 Å². The Morgan fingerprint density at radius 1 is 1.16 bits per heavy atom. The van der Waals surface area contributed by atoms with Gasteiger partial charge in [0.15, 0.2) is 6.61 Å². The zero-order chi connectivity index (χ0) is 17.8. The Morgan fingerprint density at radius 2 is 1.92 bits per heavy atom. The highest BCUT2D eigenvalue weighted by molar-refractivity contribution is 5.92. The first-order valence-electron chi connectivity index (χ1n) is 8.86. The van der Waals surface area contributed by atoms with Crippen molar-refractivity contribution in [2.75, 3.05) is 29.9 Å². The first-order valence-corrected chi connectivity index (χ1v) is 8.86. The molecule has 4 nitrogen and oxygen atoms in total. The molecular weight excluding hydrogens is 312 g/mol. The number of amides is 1. The van der Waals surface area contributed by atoms with Crippen molar-refractivity contribution < 1.29 is 9.53 Å². The number of carbonyl (C=O) groups is 1. The summed E-state index contributed by atoms with van der Waals surface area (Å²) in [5.41, 5.74) is 4.38. The smallest absolute Gasteiger partial charge is 0.262 e. The van der Waals surface area contributed by atoms with Gasteiger partial charge in [-0.05, 0) is 73.7 Å². The van der Waals surface area contributed by atoms with Crippen molar-refractivity contribution in [3.8, 4) is 5.75 Å². The standard InChI is InChI=1S/C21H26N2O2/c1-15-10-11-23(13-15)19-7-5-18(6-8-19)22-21(24)14-25-20-9-4-16(2)17(3)12-20/h4-9,12,15H,10-11,13-14H2,1-3H3,(H,22,24). The summed E-state index contributed by atoms with van der Waals surface area (Å²) >= 11 is 0. The quantitative estimate of drug-likeness (QED) is 0.890. The van der Waals surface area contributed by atoms with Gasteiger partial charge in [-0.3, -0.25) is 4.79 Å². The molecule has 3 rings (SSSR count). The lowest BCUT2D eigenvalue weighted by molar-refractivity contribution is -0.118. The fraction of sp³-hybridized carbons (Fsp3) is 0.381. The molecule has 1 N–H and O–H groups in total. The molecule has 1 fully saturated rings. The molecule has 1 aliphatic heterocycles. The van der Waals surface area contributed by atoms with Gasteiger partial charge in [-0.1, -0.05) is 13.0 Å². The molecule has 1 atom stereocenters. The first-order chi connectivity index (χ1) is 12.0. The van der Waals surface area contributed by atoms with Crippen LogP contribution in [0.2, 0.25) is 0 Å². The molecule has 1 aliphatic rings. The highest BCUT2D eigenvalue weighted by atomic mass is 16.5. The van der Waals surface area contributed by atoms with Crippen LogP contribution in [0.1, 0.15) is 24.5 Å². The summed E-state index contributed by atoms with van der Waals surface area (Å²) in [6, 6.07) is 13.9. The largest absolute Gasteiger partial charge is 0.484 e. The third kappa shape index (κ3) is 4.53. The van der Waals surface area contributed by atoms with E-state index in [0.717, 1.165) is 36.0 Å². The molecule has 1 saturated heterocycles. The number of aryl methyl sites for hydroxylation is 2. The summed E-state index contributed by atoms with van der Waals surface area (Å²) in [6.07, 6.45) is 1.24. The van der Waals surface area contributed by atoms with Crippen LogP contribution in [0.3, 0.4) is 0 Å². The third-order valence-corrected chi connectivity index (χ3v) is 4.79. The second kappa shape index (κ2) is 7.60. The van der Waals surface area contributed by atoms with Crippen molar-refractivity contribution in [1.82, 2.24) is 0 Å². The van der Waals surface area contributed by atoms with Gasteiger partial charge in [0.2, 0.25) is 0 Å². The second-order valence-electron chi connectivity index (χ2n) is 6.97. The van der Waals surface area contributed by atoms with Crippen LogP contribution in [0, 0.1) is 19.8 Å². The Morgan fingerprint density at radius 3 is 2.56 bits per heavy atom. The van der Waals surface area contributed by atoms with Crippen LogP contribution in [-0.2, 0) is 4.79 Å². The number of ether oxygens (including phenoxy) is 1. The summed E-state index contributed by atoms with van der Waals surface area (Å²) < 4.78 is 5.57. The molecular formula is C21H26N2O2. The topological polar surface area (TPSA) is 41.6 Å². The number of rotatable bonds is 5. The van der Waals surface area contributed by atoms with Crippen LogP contribution in [0.5, 0.6) is 5.75 Å². The van der Waals surface area contributed by atoms with E-state index in [1.165, 1.54) is 17.7 Å². The van der Waals surface area contributed by atoms with Crippen molar-refractivity contribution in [2.24, 2.45) is 5.92 Å². The number of benzene rings is 2. The average molecular weight is 338 g/mol. The Labute approximate surface area is 149 Å². The summed E-state index contributed by atoms with van der Waals surface area (Å²) in [4.78, 5) is 14.5. The van der Waals surface area contributed by atoms with Crippen LogP contribution in [-0.4, -0.2) is 25.6 Å². The molecule has 1 unspecified atom stereocenters. The molecule has 132 valence electrons. The minimum Gasteiger partial charge on any atom is -0.484 e. The van der Waals surface area contributed by atoms with Crippen LogP contribution < -0.4 is 15.0 Å². The van der Waals surface area contributed by atoms with Crippen LogP contribution in [0.4, 0.5) is 11.4 Å². The normalized spacial score (nSPS) is 16.8. The summed E-state index contributed by atoms with van der Waals surface area (Å²) in [7, 11) is 0. The lowest BCUT2D eigenvalue weighted by Crippen LogP contribution is -2.21. The van der Waals surface area contributed by atoms with Gasteiger partial charge in [-0.25, -0.2) is 0 Å². The van der Waals surface area contributed by atoms with Gasteiger partial charge in [-0.2, -0.15) is 0 Å². The molecule has 0 saturated carbocycles. The number of nitrogens with one attached hydrogen (secondary N) is 1. The Hall–Kier alpha value is -2.49. The van der Waals surface area contributed by atoms with Gasteiger partial charge in [0.25, 0.3) is 5.91 Å². The predicted molar refractivity (Wildman–Crippen MR) is 102 cm³/mol. The number of carbonyl (C=O) groups excluding carboxylic acids is 1. The maximum absolute atomic E-state index is 12.1. The molecule has 0 aromatic heterocycles. The Kier molecular flexibility index (Phi) is 5.27. The molecule has 25 heavy (non-hydrogen) atoms. The number of hydrogen-bond acceptors (Lipinski definition) is 3. The van der Waals surface area contributed by atoms with E-state index in [2.05, 4.69) is 36.2 Å². The van der Waals surface area contributed by atoms with Crippen molar-refractivity contribution in [2.45, 2.75) is 27.2 Å². The molecule has 2 aromatic rings. The SMILES string of the molecule is Cc1ccc(OCC(=O)Nc2ccc(N3CCC(C)C3)cc2)cc1C. The molecule has 0 spiro atoms. The molecule has 0 aliphatic carbocycles. The number of nitrogens with zero attached hydrogens (tertiary/aromatic N) is 1.